The van der Waals surface area contributed by atoms with Crippen LogP contribution in [0.2, 0.25) is 0 Å². The van der Waals surface area contributed by atoms with Crippen LogP contribution in [0.5, 0.6) is 11.5 Å². The second-order valence-electron chi connectivity index (χ2n) is 8.73. The molecule has 1 saturated heterocycles. The lowest BCUT2D eigenvalue weighted by Gasteiger charge is -2.10. The summed E-state index contributed by atoms with van der Waals surface area (Å²) in [6.45, 7) is 2.76. The van der Waals surface area contributed by atoms with Crippen molar-refractivity contribution in [2.24, 2.45) is 0 Å². The van der Waals surface area contributed by atoms with Gasteiger partial charge in [-0.1, -0.05) is 58.3 Å². The summed E-state index contributed by atoms with van der Waals surface area (Å²) in [5, 5.41) is 11.3. The Balaban J connectivity index is 1.53. The first-order valence-corrected chi connectivity index (χ1v) is 12.3. The number of Topliss-reactive ketones (excluding diaryl/α,β-unsaturated/α-hetero) is 1. The fourth-order valence-corrected chi connectivity index (χ4v) is 4.07. The fourth-order valence-electron chi connectivity index (χ4n) is 4.07. The highest BCUT2D eigenvalue weighted by molar-refractivity contribution is 6.01. The van der Waals surface area contributed by atoms with Gasteiger partial charge in [-0.15, -0.1) is 0 Å². The van der Waals surface area contributed by atoms with Gasteiger partial charge in [-0.3, -0.25) is 14.9 Å². The number of ether oxygens (including phenoxy) is 3. The Hall–Kier alpha value is -2.93. The van der Waals surface area contributed by atoms with Crippen molar-refractivity contribution in [3.63, 3.8) is 0 Å². The van der Waals surface area contributed by atoms with Crippen LogP contribution < -0.4 is 9.47 Å². The summed E-state index contributed by atoms with van der Waals surface area (Å²) in [4.78, 5) is 23.7. The van der Waals surface area contributed by atoms with Gasteiger partial charge in [0, 0.05) is 23.3 Å². The standard InChI is InChI=1S/C27H35NO6/c1-3-4-5-6-7-8-9-10-11-18-33-24-17-14-21(28(30)31)19-23(24)26-27(34-26)25(29)20-12-15-22(32-2)16-13-20/h12-17,19,26-27H,3-11,18H2,1-2H3. The summed E-state index contributed by atoms with van der Waals surface area (Å²) >= 11 is 0. The number of carbonyl (C=O) groups excluding carboxylic acids is 1. The van der Waals surface area contributed by atoms with Gasteiger partial charge in [-0.05, 0) is 36.8 Å². The van der Waals surface area contributed by atoms with Gasteiger partial charge >= 0.3 is 0 Å². The number of non-ortho nitro benzene ring substituents is 1. The zero-order chi connectivity index (χ0) is 24.3. The highest BCUT2D eigenvalue weighted by atomic mass is 16.6. The maximum absolute atomic E-state index is 12.8. The molecular weight excluding hydrogens is 434 g/mol. The molecule has 1 heterocycles. The summed E-state index contributed by atoms with van der Waals surface area (Å²) in [6.07, 6.45) is 9.74. The molecular formula is C27H35NO6. The average Bonchev–Trinajstić information content (AvgIpc) is 3.65. The van der Waals surface area contributed by atoms with Crippen molar-refractivity contribution in [2.45, 2.75) is 76.9 Å². The number of nitro benzene ring substituents is 1. The molecule has 7 heteroatoms. The SMILES string of the molecule is CCCCCCCCCCCOc1ccc([N+](=O)[O-])cc1C1OC1C(=O)c1ccc(OC)cc1. The van der Waals surface area contributed by atoms with Crippen LogP contribution in [0.15, 0.2) is 42.5 Å². The van der Waals surface area contributed by atoms with E-state index in [1.54, 1.807) is 37.4 Å². The van der Waals surface area contributed by atoms with Crippen LogP contribution in [-0.4, -0.2) is 30.5 Å². The van der Waals surface area contributed by atoms with Crippen LogP contribution >= 0.6 is 0 Å². The topological polar surface area (TPSA) is 91.2 Å². The molecule has 1 aliphatic heterocycles. The molecule has 3 rings (SSSR count). The van der Waals surface area contributed by atoms with Crippen molar-refractivity contribution in [3.8, 4) is 11.5 Å². The van der Waals surface area contributed by atoms with E-state index >= 15 is 0 Å². The molecule has 2 aromatic carbocycles. The Morgan fingerprint density at radius 1 is 0.971 bits per heavy atom. The lowest BCUT2D eigenvalue weighted by molar-refractivity contribution is -0.385. The van der Waals surface area contributed by atoms with Crippen LogP contribution in [0.4, 0.5) is 5.69 Å². The first kappa shape index (κ1) is 25.7. The summed E-state index contributed by atoms with van der Waals surface area (Å²) in [5.41, 5.74) is 1.02. The van der Waals surface area contributed by atoms with E-state index < -0.39 is 17.1 Å². The van der Waals surface area contributed by atoms with E-state index in [2.05, 4.69) is 6.92 Å². The number of hydrogen-bond donors (Lipinski definition) is 0. The molecule has 0 aromatic heterocycles. The molecule has 0 aliphatic carbocycles. The minimum Gasteiger partial charge on any atom is -0.497 e. The molecule has 1 fully saturated rings. The molecule has 2 unspecified atom stereocenters. The highest BCUT2D eigenvalue weighted by Gasteiger charge is 2.48. The van der Waals surface area contributed by atoms with Gasteiger partial charge in [-0.25, -0.2) is 0 Å². The number of carbonyl (C=O) groups is 1. The van der Waals surface area contributed by atoms with Crippen molar-refractivity contribution >= 4 is 11.5 Å². The Morgan fingerprint density at radius 3 is 2.24 bits per heavy atom. The minimum absolute atomic E-state index is 0.0448. The summed E-state index contributed by atoms with van der Waals surface area (Å²) in [6, 6.07) is 11.3. The third-order valence-electron chi connectivity index (χ3n) is 6.14. The number of nitrogens with zero attached hydrogens (tertiary/aromatic N) is 1. The molecule has 0 spiro atoms. The number of benzene rings is 2. The van der Waals surface area contributed by atoms with E-state index in [4.69, 9.17) is 14.2 Å². The van der Waals surface area contributed by atoms with Crippen LogP contribution in [0.3, 0.4) is 0 Å². The van der Waals surface area contributed by atoms with E-state index in [1.807, 2.05) is 0 Å². The van der Waals surface area contributed by atoms with Gasteiger partial charge in [-0.2, -0.15) is 0 Å². The Labute approximate surface area is 201 Å². The zero-order valence-corrected chi connectivity index (χ0v) is 20.2. The predicted octanol–water partition coefficient (Wildman–Crippen LogP) is 6.84. The minimum atomic E-state index is -0.676. The molecule has 0 radical (unpaired) electrons. The predicted molar refractivity (Wildman–Crippen MR) is 131 cm³/mol. The summed E-state index contributed by atoms with van der Waals surface area (Å²) in [7, 11) is 1.56. The molecule has 0 bridgehead atoms. The largest absolute Gasteiger partial charge is 0.497 e. The molecule has 0 amide bonds. The van der Waals surface area contributed by atoms with Gasteiger partial charge in [0.05, 0.1) is 18.6 Å². The van der Waals surface area contributed by atoms with E-state index in [-0.39, 0.29) is 11.5 Å². The molecule has 1 aliphatic rings. The third kappa shape index (κ3) is 7.29. The van der Waals surface area contributed by atoms with Crippen molar-refractivity contribution < 1.29 is 23.9 Å². The fraction of sp³-hybridized carbons (Fsp3) is 0.519. The number of methoxy groups -OCH3 is 1. The van der Waals surface area contributed by atoms with Crippen LogP contribution in [-0.2, 0) is 4.74 Å². The third-order valence-corrected chi connectivity index (χ3v) is 6.14. The quantitative estimate of drug-likeness (QED) is 0.0879. The van der Waals surface area contributed by atoms with E-state index in [0.717, 1.165) is 12.8 Å². The number of epoxide rings is 1. The Kier molecular flexibility index (Phi) is 9.89. The number of unbranched alkanes of at least 4 members (excludes halogenated alkanes) is 8. The van der Waals surface area contributed by atoms with Gasteiger partial charge in [0.15, 0.2) is 11.9 Å². The second kappa shape index (κ2) is 13.1. The van der Waals surface area contributed by atoms with Gasteiger partial charge in [0.1, 0.15) is 17.6 Å². The Bertz CT molecular complexity index is 943. The van der Waals surface area contributed by atoms with E-state index in [9.17, 15) is 14.9 Å². The summed E-state index contributed by atoms with van der Waals surface area (Å²) in [5.74, 6) is 1.04. The van der Waals surface area contributed by atoms with Crippen molar-refractivity contribution in [1.82, 2.24) is 0 Å². The van der Waals surface area contributed by atoms with E-state index in [0.29, 0.717) is 29.2 Å². The second-order valence-corrected chi connectivity index (χ2v) is 8.73. The number of hydrogen-bond acceptors (Lipinski definition) is 6. The first-order valence-electron chi connectivity index (χ1n) is 12.3. The van der Waals surface area contributed by atoms with Gasteiger partial charge in [0.25, 0.3) is 5.69 Å². The van der Waals surface area contributed by atoms with Crippen LogP contribution in [0, 0.1) is 10.1 Å². The molecule has 2 atom stereocenters. The van der Waals surface area contributed by atoms with Crippen LogP contribution in [0.1, 0.15) is 86.7 Å². The lowest BCUT2D eigenvalue weighted by atomic mass is 10.0. The highest BCUT2D eigenvalue weighted by Crippen LogP contribution is 2.45. The van der Waals surface area contributed by atoms with Crippen molar-refractivity contribution in [3.05, 3.63) is 63.7 Å². The maximum atomic E-state index is 12.8. The zero-order valence-electron chi connectivity index (χ0n) is 20.2. The summed E-state index contributed by atoms with van der Waals surface area (Å²) < 4.78 is 16.8. The van der Waals surface area contributed by atoms with Crippen molar-refractivity contribution in [1.29, 1.82) is 0 Å². The normalized spacial score (nSPS) is 16.8. The average molecular weight is 470 g/mol. The van der Waals surface area contributed by atoms with Gasteiger partial charge in [0.2, 0.25) is 0 Å². The molecule has 2 aromatic rings. The lowest BCUT2D eigenvalue weighted by Crippen LogP contribution is -2.09. The smallest absolute Gasteiger partial charge is 0.270 e. The monoisotopic (exact) mass is 469 g/mol. The van der Waals surface area contributed by atoms with Crippen molar-refractivity contribution in [2.75, 3.05) is 13.7 Å². The number of nitro groups is 1. The van der Waals surface area contributed by atoms with Crippen LogP contribution in [0.25, 0.3) is 0 Å². The first-order chi connectivity index (χ1) is 16.5. The molecule has 7 nitrogen and oxygen atoms in total. The maximum Gasteiger partial charge on any atom is 0.270 e. The van der Waals surface area contributed by atoms with E-state index in [1.165, 1.54) is 57.1 Å². The molecule has 34 heavy (non-hydrogen) atoms. The number of ketones is 1. The molecule has 0 N–H and O–H groups in total. The molecule has 184 valence electrons. The molecule has 0 saturated carbocycles. The van der Waals surface area contributed by atoms with Gasteiger partial charge < -0.3 is 14.2 Å². The number of rotatable bonds is 16. The Morgan fingerprint density at radius 2 is 1.62 bits per heavy atom.